The van der Waals surface area contributed by atoms with Crippen molar-refractivity contribution < 1.29 is 17.6 Å². The maximum atomic E-state index is 13.4. The summed E-state index contributed by atoms with van der Waals surface area (Å²) in [5, 5.41) is 3.99. The van der Waals surface area contributed by atoms with Crippen molar-refractivity contribution in [1.29, 1.82) is 0 Å². The highest BCUT2D eigenvalue weighted by Crippen LogP contribution is 2.33. The number of hydrogen-bond donors (Lipinski definition) is 1. The fraction of sp³-hybridized carbons (Fsp3) is 0.500. The topological polar surface area (TPSA) is 56.7 Å². The molecule has 0 radical (unpaired) electrons. The molecule has 0 unspecified atom stereocenters. The third-order valence-corrected chi connectivity index (χ3v) is 4.25. The van der Waals surface area contributed by atoms with Crippen molar-refractivity contribution in [2.45, 2.75) is 50.4 Å². The van der Waals surface area contributed by atoms with Gasteiger partial charge >= 0.3 is 6.18 Å². The summed E-state index contributed by atoms with van der Waals surface area (Å²) in [7, 11) is 0. The van der Waals surface area contributed by atoms with E-state index in [2.05, 4.69) is 10.1 Å². The molecule has 1 saturated carbocycles. The minimum Gasteiger partial charge on any atom is -0.328 e. The van der Waals surface area contributed by atoms with E-state index in [4.69, 9.17) is 5.73 Å². The molecule has 1 aromatic carbocycles. The number of nitrogens with two attached hydrogens (primary N) is 1. The minimum absolute atomic E-state index is 0. The number of benzene rings is 1. The number of rotatable bonds is 3. The molecule has 0 aliphatic heterocycles. The van der Waals surface area contributed by atoms with Crippen LogP contribution in [0.3, 0.4) is 0 Å². The summed E-state index contributed by atoms with van der Waals surface area (Å²) in [6.07, 6.45) is -1.54. The van der Waals surface area contributed by atoms with Crippen LogP contribution in [0, 0.1) is 5.82 Å². The van der Waals surface area contributed by atoms with Crippen molar-refractivity contribution in [1.82, 2.24) is 14.8 Å². The minimum atomic E-state index is -4.40. The summed E-state index contributed by atoms with van der Waals surface area (Å²) in [5.41, 5.74) is 6.23. The zero-order chi connectivity index (χ0) is 17.3. The first kappa shape index (κ1) is 19.7. The molecule has 3 rings (SSSR count). The van der Waals surface area contributed by atoms with Crippen LogP contribution < -0.4 is 5.73 Å². The second-order valence-electron chi connectivity index (χ2n) is 6.19. The fourth-order valence-corrected chi connectivity index (χ4v) is 3.07. The van der Waals surface area contributed by atoms with E-state index in [-0.39, 0.29) is 30.2 Å². The molecule has 4 nitrogen and oxygen atoms in total. The van der Waals surface area contributed by atoms with Crippen LogP contribution in [-0.2, 0) is 6.54 Å². The summed E-state index contributed by atoms with van der Waals surface area (Å²) in [6, 6.07) is 5.63. The highest BCUT2D eigenvalue weighted by molar-refractivity contribution is 5.85. The second kappa shape index (κ2) is 7.70. The van der Waals surface area contributed by atoms with Crippen LogP contribution >= 0.6 is 12.4 Å². The van der Waals surface area contributed by atoms with Crippen LogP contribution in [0.5, 0.6) is 0 Å². The Kier molecular flexibility index (Phi) is 6.05. The number of halogens is 5. The third-order valence-electron chi connectivity index (χ3n) is 4.25. The van der Waals surface area contributed by atoms with E-state index >= 15 is 0 Å². The van der Waals surface area contributed by atoms with Crippen molar-refractivity contribution in [2.24, 2.45) is 5.73 Å². The quantitative estimate of drug-likeness (QED) is 0.820. The second-order valence-corrected chi connectivity index (χ2v) is 6.19. The van der Waals surface area contributed by atoms with E-state index < -0.39 is 18.5 Å². The maximum absolute atomic E-state index is 13.4. The number of alkyl halides is 3. The Morgan fingerprint density at radius 2 is 1.84 bits per heavy atom. The number of nitrogens with zero attached hydrogens (tertiary/aromatic N) is 3. The maximum Gasteiger partial charge on any atom is 0.408 e. The molecule has 0 spiro atoms. The van der Waals surface area contributed by atoms with E-state index in [0.29, 0.717) is 24.2 Å². The Bertz CT molecular complexity index is 708. The molecular weight excluding hydrogens is 360 g/mol. The van der Waals surface area contributed by atoms with Gasteiger partial charge in [-0.3, -0.25) is 0 Å². The van der Waals surface area contributed by atoms with Crippen LogP contribution in [0.25, 0.3) is 11.4 Å². The monoisotopic (exact) mass is 378 g/mol. The van der Waals surface area contributed by atoms with Gasteiger partial charge in [0.05, 0.1) is 0 Å². The summed E-state index contributed by atoms with van der Waals surface area (Å²) in [5.74, 6) is -0.172. The van der Waals surface area contributed by atoms with Crippen LogP contribution in [-0.4, -0.2) is 27.0 Å². The van der Waals surface area contributed by atoms with Crippen LogP contribution in [0.4, 0.5) is 17.6 Å². The Labute approximate surface area is 148 Å². The molecule has 0 saturated heterocycles. The molecule has 0 atom stereocenters. The largest absolute Gasteiger partial charge is 0.408 e. The van der Waals surface area contributed by atoms with Gasteiger partial charge in [-0.15, -0.1) is 12.4 Å². The molecule has 0 bridgehead atoms. The van der Waals surface area contributed by atoms with Crippen LogP contribution in [0.2, 0.25) is 0 Å². The third kappa shape index (κ3) is 4.92. The van der Waals surface area contributed by atoms with Gasteiger partial charge in [0.25, 0.3) is 0 Å². The molecule has 25 heavy (non-hydrogen) atoms. The molecule has 1 fully saturated rings. The van der Waals surface area contributed by atoms with Gasteiger partial charge in [-0.25, -0.2) is 14.1 Å². The summed E-state index contributed by atoms with van der Waals surface area (Å²) in [4.78, 5) is 4.30. The molecular formula is C16H19ClF4N4. The van der Waals surface area contributed by atoms with E-state index in [9.17, 15) is 17.6 Å². The van der Waals surface area contributed by atoms with E-state index in [1.807, 2.05) is 0 Å². The zero-order valence-electron chi connectivity index (χ0n) is 13.3. The van der Waals surface area contributed by atoms with Gasteiger partial charge in [-0.2, -0.15) is 18.3 Å². The summed E-state index contributed by atoms with van der Waals surface area (Å²) < 4.78 is 52.9. The standard InChI is InChI=1S/C16H18F4N4.ClH/c17-12-3-1-2-11(8-12)14-22-15(10-4-6-13(21)7-5-10)24(23-14)9-16(18,19)20;/h1-3,8,10,13H,4-7,9,21H2;1H. The normalized spacial score (nSPS) is 21.0. The molecule has 0 amide bonds. The van der Waals surface area contributed by atoms with E-state index in [0.717, 1.165) is 17.5 Å². The van der Waals surface area contributed by atoms with E-state index in [1.165, 1.54) is 18.2 Å². The lowest BCUT2D eigenvalue weighted by Crippen LogP contribution is -2.28. The molecule has 1 aliphatic rings. The lowest BCUT2D eigenvalue weighted by Gasteiger charge is -2.25. The molecule has 2 N–H and O–H groups in total. The fourth-order valence-electron chi connectivity index (χ4n) is 3.07. The van der Waals surface area contributed by atoms with Gasteiger partial charge in [-0.1, -0.05) is 12.1 Å². The molecule has 1 aromatic heterocycles. The van der Waals surface area contributed by atoms with Crippen LogP contribution in [0.15, 0.2) is 24.3 Å². The SMILES string of the molecule is Cl.NC1CCC(c2nc(-c3cccc(F)c3)nn2CC(F)(F)F)CC1. The van der Waals surface area contributed by atoms with Gasteiger partial charge in [0.1, 0.15) is 18.2 Å². The average molecular weight is 379 g/mol. The molecule has 9 heteroatoms. The van der Waals surface area contributed by atoms with Crippen molar-refractivity contribution >= 4 is 12.4 Å². The van der Waals surface area contributed by atoms with Gasteiger partial charge in [-0.05, 0) is 37.8 Å². The van der Waals surface area contributed by atoms with Gasteiger partial charge < -0.3 is 5.73 Å². The first-order valence-electron chi connectivity index (χ1n) is 7.85. The van der Waals surface area contributed by atoms with Gasteiger partial charge in [0.15, 0.2) is 5.82 Å². The first-order valence-corrected chi connectivity index (χ1v) is 7.85. The lowest BCUT2D eigenvalue weighted by atomic mass is 9.86. The molecule has 1 aliphatic carbocycles. The lowest BCUT2D eigenvalue weighted by molar-refractivity contribution is -0.143. The van der Waals surface area contributed by atoms with Crippen molar-refractivity contribution in [3.05, 3.63) is 35.9 Å². The Balaban J connectivity index is 0.00000225. The number of hydrogen-bond acceptors (Lipinski definition) is 3. The Morgan fingerprint density at radius 3 is 2.44 bits per heavy atom. The predicted octanol–water partition coefficient (Wildman–Crippen LogP) is 4.05. The van der Waals surface area contributed by atoms with E-state index in [1.54, 1.807) is 6.07 Å². The molecule has 1 heterocycles. The van der Waals surface area contributed by atoms with Gasteiger partial charge in [0, 0.05) is 17.5 Å². The molecule has 2 aromatic rings. The highest BCUT2D eigenvalue weighted by Gasteiger charge is 2.33. The Hall–Kier alpha value is -1.67. The number of aromatic nitrogens is 3. The highest BCUT2D eigenvalue weighted by atomic mass is 35.5. The summed E-state index contributed by atoms with van der Waals surface area (Å²) in [6.45, 7) is -1.20. The molecule has 138 valence electrons. The van der Waals surface area contributed by atoms with Crippen LogP contribution in [0.1, 0.15) is 37.4 Å². The van der Waals surface area contributed by atoms with Crippen molar-refractivity contribution in [3.8, 4) is 11.4 Å². The zero-order valence-corrected chi connectivity index (χ0v) is 14.2. The Morgan fingerprint density at radius 1 is 1.16 bits per heavy atom. The smallest absolute Gasteiger partial charge is 0.328 e. The average Bonchev–Trinajstić information content (AvgIpc) is 2.90. The van der Waals surface area contributed by atoms with Crippen molar-refractivity contribution in [3.63, 3.8) is 0 Å². The van der Waals surface area contributed by atoms with Gasteiger partial charge in [0.2, 0.25) is 0 Å². The first-order chi connectivity index (χ1) is 11.3. The predicted molar refractivity (Wildman–Crippen MR) is 87.9 cm³/mol. The van der Waals surface area contributed by atoms with Crippen molar-refractivity contribution in [2.75, 3.05) is 0 Å². The summed E-state index contributed by atoms with van der Waals surface area (Å²) >= 11 is 0.